The number of rotatable bonds is 4. The molecule has 0 unspecified atom stereocenters. The molecule has 4 rings (SSSR count). The Morgan fingerprint density at radius 2 is 2.08 bits per heavy atom. The zero-order valence-electron chi connectivity index (χ0n) is 15.8. The van der Waals surface area contributed by atoms with Gasteiger partial charge in [-0.3, -0.25) is 4.79 Å². The minimum absolute atomic E-state index is 0.121. The van der Waals surface area contributed by atoms with Gasteiger partial charge in [0.2, 0.25) is 0 Å². The van der Waals surface area contributed by atoms with Crippen molar-refractivity contribution in [3.63, 3.8) is 0 Å². The van der Waals surface area contributed by atoms with Gasteiger partial charge in [0.1, 0.15) is 12.3 Å². The third-order valence-electron chi connectivity index (χ3n) is 8.14. The van der Waals surface area contributed by atoms with Crippen LogP contribution in [0.25, 0.3) is 0 Å². The molecule has 4 aliphatic rings. The number of aliphatic hydroxyl groups is 1. The fourth-order valence-corrected chi connectivity index (χ4v) is 6.61. The van der Waals surface area contributed by atoms with Crippen molar-refractivity contribution in [1.82, 2.24) is 5.48 Å². The van der Waals surface area contributed by atoms with E-state index in [0.29, 0.717) is 17.8 Å². The third-order valence-corrected chi connectivity index (χ3v) is 8.14. The lowest BCUT2D eigenvalue weighted by molar-refractivity contribution is -0.138. The highest BCUT2D eigenvalue weighted by Crippen LogP contribution is 2.65. The minimum atomic E-state index is -0.927. The van der Waals surface area contributed by atoms with Gasteiger partial charge >= 0.3 is 5.97 Å². The highest BCUT2D eigenvalue weighted by Gasteiger charge is 2.58. The molecule has 4 aliphatic carbocycles. The number of hydrogen-bond acceptors (Lipinski definition) is 4. The smallest absolute Gasteiger partial charge is 0.320 e. The molecule has 0 aromatic rings. The zero-order chi connectivity index (χ0) is 18.5. The number of aliphatic hydroxyl groups excluding tert-OH is 1. The number of hydroxylamine groups is 1. The lowest BCUT2D eigenvalue weighted by Crippen LogP contribution is -2.50. The van der Waals surface area contributed by atoms with Crippen LogP contribution in [-0.4, -0.2) is 28.8 Å². The first-order valence-electron chi connectivity index (χ1n) is 10.1. The summed E-state index contributed by atoms with van der Waals surface area (Å²) in [5.74, 6) is 1.87. The maximum Gasteiger partial charge on any atom is 0.320 e. The number of allylic oxidation sites excluding steroid dienone is 3. The molecule has 0 spiro atoms. The van der Waals surface area contributed by atoms with Crippen molar-refractivity contribution in [2.75, 3.05) is 6.54 Å². The summed E-state index contributed by atoms with van der Waals surface area (Å²) in [5, 5.41) is 19.3. The maximum absolute atomic E-state index is 10.6. The molecule has 26 heavy (non-hydrogen) atoms. The number of carbonyl (C=O) groups is 1. The van der Waals surface area contributed by atoms with E-state index in [-0.39, 0.29) is 23.5 Å². The number of carboxylic acids is 1. The first-order chi connectivity index (χ1) is 12.3. The number of nitrogens with one attached hydrogen (secondary N) is 1. The van der Waals surface area contributed by atoms with Crippen LogP contribution in [0.1, 0.15) is 58.8 Å². The van der Waals surface area contributed by atoms with Crippen LogP contribution in [-0.2, 0) is 9.63 Å². The Morgan fingerprint density at radius 1 is 1.27 bits per heavy atom. The van der Waals surface area contributed by atoms with Crippen LogP contribution in [0.2, 0.25) is 0 Å². The van der Waals surface area contributed by atoms with Crippen molar-refractivity contribution in [3.05, 3.63) is 23.5 Å². The largest absolute Gasteiger partial charge is 0.480 e. The van der Waals surface area contributed by atoms with E-state index in [9.17, 15) is 9.90 Å². The van der Waals surface area contributed by atoms with Gasteiger partial charge in [0.05, 0.1) is 6.10 Å². The monoisotopic (exact) mass is 361 g/mol. The highest BCUT2D eigenvalue weighted by atomic mass is 16.6. The van der Waals surface area contributed by atoms with E-state index in [4.69, 9.17) is 9.94 Å². The number of aliphatic carboxylic acids is 1. The Morgan fingerprint density at radius 3 is 2.85 bits per heavy atom. The molecule has 0 aliphatic heterocycles. The van der Waals surface area contributed by atoms with E-state index in [2.05, 4.69) is 31.5 Å². The normalized spacial score (nSPS) is 44.3. The average Bonchev–Trinajstić information content (AvgIpc) is 2.90. The summed E-state index contributed by atoms with van der Waals surface area (Å²) in [5.41, 5.74) is 4.27. The van der Waals surface area contributed by atoms with Gasteiger partial charge < -0.3 is 15.1 Å². The molecule has 0 bridgehead atoms. The van der Waals surface area contributed by atoms with Crippen LogP contribution in [0.15, 0.2) is 23.5 Å². The van der Waals surface area contributed by atoms with Crippen molar-refractivity contribution in [1.29, 1.82) is 0 Å². The summed E-state index contributed by atoms with van der Waals surface area (Å²) in [7, 11) is 0. The van der Waals surface area contributed by atoms with Crippen molar-refractivity contribution in [2.24, 2.45) is 28.6 Å². The summed E-state index contributed by atoms with van der Waals surface area (Å²) < 4.78 is 0. The summed E-state index contributed by atoms with van der Waals surface area (Å²) in [6.07, 6.45) is 11.8. The molecule has 5 nitrogen and oxygen atoms in total. The standard InChI is InChI=1S/C21H31NO4/c1-20-9-7-14(26-22-12-19(24)25)11-13(20)3-4-15-16-5-6-18(23)21(16,2)10-8-17(15)20/h7,11,15-18,22-23H,3-6,8-10,12H2,1-2H3,(H,24,25)/t15-,16-,17-,18-,20-,21-/m0/s1. The highest BCUT2D eigenvalue weighted by molar-refractivity contribution is 5.68. The minimum Gasteiger partial charge on any atom is -0.480 e. The average molecular weight is 361 g/mol. The topological polar surface area (TPSA) is 78.8 Å². The van der Waals surface area contributed by atoms with E-state index in [0.717, 1.165) is 31.4 Å². The first kappa shape index (κ1) is 18.1. The number of hydrogen-bond donors (Lipinski definition) is 3. The van der Waals surface area contributed by atoms with Crippen molar-refractivity contribution >= 4 is 5.97 Å². The molecule has 0 saturated heterocycles. The van der Waals surface area contributed by atoms with Gasteiger partial charge in [0.25, 0.3) is 0 Å². The van der Waals surface area contributed by atoms with E-state index < -0.39 is 5.97 Å². The molecule has 0 radical (unpaired) electrons. The Bertz CT molecular complexity index is 656. The third kappa shape index (κ3) is 2.71. The molecule has 3 saturated carbocycles. The predicted octanol–water partition coefficient (Wildman–Crippen LogP) is 3.41. The zero-order valence-corrected chi connectivity index (χ0v) is 15.8. The van der Waals surface area contributed by atoms with E-state index >= 15 is 0 Å². The Balaban J connectivity index is 1.50. The fraction of sp³-hybridized carbons (Fsp3) is 0.762. The quantitative estimate of drug-likeness (QED) is 0.669. The van der Waals surface area contributed by atoms with Crippen LogP contribution >= 0.6 is 0 Å². The van der Waals surface area contributed by atoms with Gasteiger partial charge in [-0.2, -0.15) is 0 Å². The van der Waals surface area contributed by atoms with Crippen LogP contribution in [0, 0.1) is 28.6 Å². The Hall–Kier alpha value is -1.33. The predicted molar refractivity (Wildman–Crippen MR) is 97.9 cm³/mol. The lowest BCUT2D eigenvalue weighted by Gasteiger charge is -2.57. The maximum atomic E-state index is 10.6. The summed E-state index contributed by atoms with van der Waals surface area (Å²) >= 11 is 0. The summed E-state index contributed by atoms with van der Waals surface area (Å²) in [6.45, 7) is 4.52. The van der Waals surface area contributed by atoms with E-state index in [1.807, 2.05) is 0 Å². The second kappa shape index (κ2) is 6.38. The van der Waals surface area contributed by atoms with Gasteiger partial charge in [0, 0.05) is 0 Å². The van der Waals surface area contributed by atoms with Crippen LogP contribution in [0.3, 0.4) is 0 Å². The Kier molecular flexibility index (Phi) is 4.43. The van der Waals surface area contributed by atoms with Crippen LogP contribution in [0.4, 0.5) is 0 Å². The molecule has 0 aromatic heterocycles. The van der Waals surface area contributed by atoms with Gasteiger partial charge in [-0.05, 0) is 85.7 Å². The first-order valence-corrected chi connectivity index (χ1v) is 10.1. The van der Waals surface area contributed by atoms with Crippen molar-refractivity contribution < 1.29 is 19.8 Å². The second-order valence-electron chi connectivity index (χ2n) is 9.27. The number of fused-ring (bicyclic) bond motifs is 5. The molecule has 0 amide bonds. The molecule has 3 fully saturated rings. The molecule has 6 atom stereocenters. The summed E-state index contributed by atoms with van der Waals surface area (Å²) in [6, 6.07) is 0. The van der Waals surface area contributed by atoms with E-state index in [1.165, 1.54) is 24.8 Å². The lowest BCUT2D eigenvalue weighted by atomic mass is 9.48. The van der Waals surface area contributed by atoms with Gasteiger partial charge in [-0.15, -0.1) is 5.48 Å². The molecule has 144 valence electrons. The SMILES string of the molecule is C[C@]12CC[C@H]3[C@@H](CCC4=CC(ONCC(=O)O)=CC[C@@]43C)[C@@H]1CC[C@@H]2O. The fourth-order valence-electron chi connectivity index (χ4n) is 6.61. The van der Waals surface area contributed by atoms with Gasteiger partial charge in [0.15, 0.2) is 0 Å². The van der Waals surface area contributed by atoms with Gasteiger partial charge in [-0.1, -0.05) is 19.4 Å². The molecule has 3 N–H and O–H groups in total. The number of carboxylic acid groups (broad SMARTS) is 1. The van der Waals surface area contributed by atoms with Crippen LogP contribution in [0.5, 0.6) is 0 Å². The van der Waals surface area contributed by atoms with Crippen molar-refractivity contribution in [3.8, 4) is 0 Å². The molecule has 0 aromatic carbocycles. The molecule has 0 heterocycles. The molecular formula is C21H31NO4. The molecule has 5 heteroatoms. The summed E-state index contributed by atoms with van der Waals surface area (Å²) in [4.78, 5) is 16.1. The van der Waals surface area contributed by atoms with Gasteiger partial charge in [-0.25, -0.2) is 0 Å². The van der Waals surface area contributed by atoms with E-state index in [1.54, 1.807) is 0 Å². The Labute approximate surface area is 155 Å². The van der Waals surface area contributed by atoms with Crippen LogP contribution < -0.4 is 5.48 Å². The molecular weight excluding hydrogens is 330 g/mol. The van der Waals surface area contributed by atoms with Crippen molar-refractivity contribution in [2.45, 2.75) is 64.9 Å². The second-order valence-corrected chi connectivity index (χ2v) is 9.27.